The van der Waals surface area contributed by atoms with Crippen molar-refractivity contribution in [3.63, 3.8) is 0 Å². The zero-order valence-electron chi connectivity index (χ0n) is 41.1. The lowest BCUT2D eigenvalue weighted by atomic mass is 10.0. The highest BCUT2D eigenvalue weighted by molar-refractivity contribution is 7.90. The van der Waals surface area contributed by atoms with Crippen LogP contribution >= 0.6 is 0 Å². The number of amidine groups is 1. The molecule has 0 bridgehead atoms. The van der Waals surface area contributed by atoms with E-state index in [9.17, 15) is 23.1 Å². The van der Waals surface area contributed by atoms with Crippen molar-refractivity contribution in [3.05, 3.63) is 66.0 Å². The molecule has 0 spiro atoms. The predicted molar refractivity (Wildman–Crippen MR) is 271 cm³/mol. The number of carbonyl (C=O) groups is 2. The van der Waals surface area contributed by atoms with Gasteiger partial charge >= 0.3 is 5.97 Å². The lowest BCUT2D eigenvalue weighted by Gasteiger charge is -2.33. The van der Waals surface area contributed by atoms with Crippen LogP contribution in [0.5, 0.6) is 5.75 Å². The van der Waals surface area contributed by atoms with Gasteiger partial charge in [0.15, 0.2) is 17.6 Å². The molecule has 368 valence electrons. The summed E-state index contributed by atoms with van der Waals surface area (Å²) in [5.41, 5.74) is 0.751. The van der Waals surface area contributed by atoms with Crippen LogP contribution in [0.2, 0.25) is 0 Å². The van der Waals surface area contributed by atoms with Crippen molar-refractivity contribution in [3.8, 4) is 5.75 Å². The number of carbonyl (C=O) groups excluding carboxylic acids is 1. The number of benzene rings is 2. The van der Waals surface area contributed by atoms with Gasteiger partial charge in [-0.3, -0.25) is 9.10 Å². The third-order valence-corrected chi connectivity index (χ3v) is 14.8. The van der Waals surface area contributed by atoms with Gasteiger partial charge in [0, 0.05) is 12.2 Å². The number of carboxylic acid groups (broad SMARTS) is 1. The minimum absolute atomic E-state index is 0.0314. The van der Waals surface area contributed by atoms with E-state index in [-0.39, 0.29) is 28.7 Å². The van der Waals surface area contributed by atoms with Crippen molar-refractivity contribution in [1.29, 1.82) is 0 Å². The maximum atomic E-state index is 14.7. The maximum absolute atomic E-state index is 14.7. The molecule has 2 heterocycles. The van der Waals surface area contributed by atoms with E-state index in [1.165, 1.54) is 162 Å². The number of anilines is 1. The van der Waals surface area contributed by atoms with Gasteiger partial charge in [-0.05, 0) is 50.1 Å². The number of amides is 1. The minimum Gasteiger partial charge on any atom is -0.491 e. The Morgan fingerprint density at radius 2 is 1.09 bits per heavy atom. The number of nitrogens with zero attached hydrogens (tertiary/aromatic N) is 4. The van der Waals surface area contributed by atoms with Crippen LogP contribution in [0.25, 0.3) is 0 Å². The number of aliphatic imine (C=N–C) groups is 1. The van der Waals surface area contributed by atoms with E-state index in [1.54, 1.807) is 43.3 Å². The van der Waals surface area contributed by atoms with Gasteiger partial charge in [0.2, 0.25) is 0 Å². The van der Waals surface area contributed by atoms with E-state index in [0.717, 1.165) is 44.9 Å². The molecular weight excluding hydrogens is 847 g/mol. The van der Waals surface area contributed by atoms with Crippen molar-refractivity contribution in [2.75, 3.05) is 18.5 Å². The number of unbranched alkanes of at least 4 members (excludes halogenated alkanes) is 28. The summed E-state index contributed by atoms with van der Waals surface area (Å²) in [6.07, 6.45) is 36.9. The molecule has 1 aliphatic heterocycles. The maximum Gasteiger partial charge on any atom is 0.356 e. The van der Waals surface area contributed by atoms with Gasteiger partial charge in [0.1, 0.15) is 10.6 Å². The molecule has 1 amide bonds. The third-order valence-electron chi connectivity index (χ3n) is 12.9. The van der Waals surface area contributed by atoms with Gasteiger partial charge in [0.05, 0.1) is 18.0 Å². The number of nitrogens with one attached hydrogen (secondary N) is 1. The van der Waals surface area contributed by atoms with E-state index in [2.05, 4.69) is 24.3 Å². The zero-order chi connectivity index (χ0) is 47.2. The molecule has 1 atom stereocenters. The average molecular weight is 932 g/mol. The first-order chi connectivity index (χ1) is 32.2. The molecule has 0 saturated carbocycles. The van der Waals surface area contributed by atoms with Crippen LogP contribution < -0.4 is 10.1 Å². The van der Waals surface area contributed by atoms with Crippen LogP contribution in [0.1, 0.15) is 229 Å². The number of sulfonamides is 1. The number of aromatic carboxylic acids is 1. The van der Waals surface area contributed by atoms with E-state index in [1.807, 2.05) is 6.07 Å². The fourth-order valence-corrected chi connectivity index (χ4v) is 10.6. The summed E-state index contributed by atoms with van der Waals surface area (Å²) < 4.78 is 37.7. The first-order valence-corrected chi connectivity index (χ1v) is 27.7. The Morgan fingerprint density at radius 3 is 1.59 bits per heavy atom. The third kappa shape index (κ3) is 18.8. The van der Waals surface area contributed by atoms with Gasteiger partial charge in [0.25, 0.3) is 15.9 Å². The van der Waals surface area contributed by atoms with Crippen molar-refractivity contribution in [1.82, 2.24) is 14.1 Å². The van der Waals surface area contributed by atoms with Gasteiger partial charge in [-0.1, -0.05) is 218 Å². The summed E-state index contributed by atoms with van der Waals surface area (Å²) in [6, 6.07) is 13.7. The molecule has 3 aromatic rings. The molecule has 4 rings (SSSR count). The summed E-state index contributed by atoms with van der Waals surface area (Å²) in [7, 11) is -4.14. The number of hydrogen-bond donors (Lipinski definition) is 2. The summed E-state index contributed by atoms with van der Waals surface area (Å²) in [5, 5.41) is 17.2. The fraction of sp³-hybridized carbons (Fsp3) is 0.667. The monoisotopic (exact) mass is 932 g/mol. The number of aryl methyl sites for hydroxylation is 1. The number of aromatic nitrogens is 2. The Bertz CT molecular complexity index is 1980. The van der Waals surface area contributed by atoms with Crippen molar-refractivity contribution >= 4 is 39.1 Å². The molecule has 2 N–H and O–H groups in total. The summed E-state index contributed by atoms with van der Waals surface area (Å²) in [5.74, 6) is -1.41. The van der Waals surface area contributed by atoms with Gasteiger partial charge in [-0.25, -0.2) is 22.9 Å². The second kappa shape index (κ2) is 31.7. The number of carboxylic acids is 1. The van der Waals surface area contributed by atoms with Crippen molar-refractivity contribution in [2.24, 2.45) is 4.99 Å². The predicted octanol–water partition coefficient (Wildman–Crippen LogP) is 14.9. The lowest BCUT2D eigenvalue weighted by molar-refractivity contribution is -0.118. The normalized spacial score (nSPS) is 13.6. The summed E-state index contributed by atoms with van der Waals surface area (Å²) in [4.78, 5) is 31.8. The van der Waals surface area contributed by atoms with E-state index < -0.39 is 27.9 Å². The molecule has 12 heteroatoms. The Labute approximate surface area is 399 Å². The van der Waals surface area contributed by atoms with E-state index in [4.69, 9.17) is 9.73 Å². The Balaban J connectivity index is 1.35. The van der Waals surface area contributed by atoms with Crippen LogP contribution in [-0.2, 0) is 14.8 Å². The second-order valence-corrected chi connectivity index (χ2v) is 20.4. The second-order valence-electron chi connectivity index (χ2n) is 18.6. The lowest BCUT2D eigenvalue weighted by Crippen LogP contribution is -2.48. The zero-order valence-corrected chi connectivity index (χ0v) is 41.9. The number of para-hydroxylation sites is 3. The number of fused-ring (bicyclic) bond motifs is 1. The Hall–Kier alpha value is -4.19. The quantitative estimate of drug-likeness (QED) is 0.0545. The highest BCUT2D eigenvalue weighted by Gasteiger charge is 2.42. The molecule has 0 saturated heterocycles. The molecule has 0 fully saturated rings. The number of rotatable bonds is 38. The van der Waals surface area contributed by atoms with Gasteiger partial charge < -0.3 is 15.2 Å². The first kappa shape index (κ1) is 54.4. The van der Waals surface area contributed by atoms with Crippen LogP contribution in [0.4, 0.5) is 11.4 Å². The Morgan fingerprint density at radius 1 is 0.636 bits per heavy atom. The van der Waals surface area contributed by atoms with E-state index in [0.29, 0.717) is 30.2 Å². The largest absolute Gasteiger partial charge is 0.491 e. The van der Waals surface area contributed by atoms with Gasteiger partial charge in [-0.15, -0.1) is 0 Å². The molecule has 0 radical (unpaired) electrons. The standard InChI is InChI=1S/C54H85N5O6S/c1-4-6-8-10-12-14-16-18-20-21-22-24-26-28-30-36-42-58-52(55-47-39-33-35-41-50(47)66(58,63)64)51(59-45(3)44-48(57-59)54(61)62)53(60)56-46-38-32-34-40-49(46)65-43-37-31-29-27-25-23-19-17-15-13-11-9-7-5-2/h32-35,38-41,44,51H,4-31,36-37,42-43H2,1-3H3,(H,56,60)(H,61,62). The van der Waals surface area contributed by atoms with Crippen LogP contribution in [-0.4, -0.2) is 58.5 Å². The minimum atomic E-state index is -4.14. The summed E-state index contributed by atoms with van der Waals surface area (Å²) >= 11 is 0. The van der Waals surface area contributed by atoms with Gasteiger partial charge in [-0.2, -0.15) is 5.10 Å². The SMILES string of the molecule is CCCCCCCCCCCCCCCCCCN1C(C(C(=O)Nc2ccccc2OCCCCCCCCCCCCCCCC)n2nc(C(=O)O)cc2C)=Nc2ccccc2S1(=O)=O. The first-order valence-electron chi connectivity index (χ1n) is 26.2. The number of hydrogen-bond acceptors (Lipinski definition) is 7. The molecule has 0 aliphatic carbocycles. The van der Waals surface area contributed by atoms with Crippen molar-refractivity contribution < 1.29 is 27.9 Å². The molecule has 1 unspecified atom stereocenters. The fourth-order valence-electron chi connectivity index (χ4n) is 8.99. The topological polar surface area (TPSA) is 143 Å². The molecule has 66 heavy (non-hydrogen) atoms. The van der Waals surface area contributed by atoms with Crippen LogP contribution in [0.15, 0.2) is 64.5 Å². The molecule has 1 aliphatic rings. The molecular formula is C54H85N5O6S. The van der Waals surface area contributed by atoms with Crippen molar-refractivity contribution in [2.45, 2.75) is 224 Å². The highest BCUT2D eigenvalue weighted by Crippen LogP contribution is 2.36. The van der Waals surface area contributed by atoms with Crippen LogP contribution in [0, 0.1) is 6.92 Å². The van der Waals surface area contributed by atoms with Crippen LogP contribution in [0.3, 0.4) is 0 Å². The van der Waals surface area contributed by atoms with E-state index >= 15 is 0 Å². The average Bonchev–Trinajstić information content (AvgIpc) is 3.69. The smallest absolute Gasteiger partial charge is 0.356 e. The molecule has 1 aromatic heterocycles. The Kier molecular flexibility index (Phi) is 26.2. The summed E-state index contributed by atoms with van der Waals surface area (Å²) in [6.45, 7) is 6.78. The molecule has 2 aromatic carbocycles. The number of ether oxygens (including phenoxy) is 1. The molecule has 11 nitrogen and oxygen atoms in total. The highest BCUT2D eigenvalue weighted by atomic mass is 32.2.